The van der Waals surface area contributed by atoms with Gasteiger partial charge in [0, 0.05) is 30.4 Å². The molecule has 4 rings (SSSR count). The number of benzene rings is 2. The maximum absolute atomic E-state index is 12.7. The molecule has 0 aliphatic rings. The normalized spacial score (nSPS) is 11.5. The molecule has 35 heavy (non-hydrogen) atoms. The highest BCUT2D eigenvalue weighted by atomic mass is 32.1. The first-order valence-electron chi connectivity index (χ1n) is 10.5. The zero-order valence-corrected chi connectivity index (χ0v) is 19.1. The Morgan fingerprint density at radius 1 is 1.00 bits per heavy atom. The second-order valence-electron chi connectivity index (χ2n) is 7.38. The SMILES string of the molecule is FC(F)(F)c1ccc(-n2cnc(-c3ccc(/C=N/NC(=S)NCCc4ccccn4)cc3)n2)cc1. The lowest BCUT2D eigenvalue weighted by Gasteiger charge is -2.07. The quantitative estimate of drug-likeness (QED) is 0.225. The molecule has 2 heterocycles. The Morgan fingerprint density at radius 2 is 1.77 bits per heavy atom. The van der Waals surface area contributed by atoms with E-state index < -0.39 is 11.7 Å². The van der Waals surface area contributed by atoms with Crippen molar-refractivity contribution in [3.63, 3.8) is 0 Å². The second-order valence-corrected chi connectivity index (χ2v) is 7.78. The van der Waals surface area contributed by atoms with Crippen molar-refractivity contribution in [2.75, 3.05) is 6.54 Å². The van der Waals surface area contributed by atoms with Gasteiger partial charge in [-0.25, -0.2) is 9.67 Å². The average Bonchev–Trinajstić information content (AvgIpc) is 3.35. The van der Waals surface area contributed by atoms with E-state index in [9.17, 15) is 13.2 Å². The van der Waals surface area contributed by atoms with E-state index in [1.165, 1.54) is 23.1 Å². The Labute approximate surface area is 204 Å². The number of nitrogens with one attached hydrogen (secondary N) is 2. The maximum atomic E-state index is 12.7. The molecule has 0 aliphatic carbocycles. The Hall–Kier alpha value is -4.12. The highest BCUT2D eigenvalue weighted by Gasteiger charge is 2.30. The van der Waals surface area contributed by atoms with Crippen LogP contribution in [0.2, 0.25) is 0 Å². The van der Waals surface area contributed by atoms with Gasteiger partial charge in [-0.3, -0.25) is 10.4 Å². The van der Waals surface area contributed by atoms with Gasteiger partial charge in [0.25, 0.3) is 0 Å². The maximum Gasteiger partial charge on any atom is 0.416 e. The Balaban J connectivity index is 1.29. The smallest absolute Gasteiger partial charge is 0.361 e. The largest absolute Gasteiger partial charge is 0.416 e. The van der Waals surface area contributed by atoms with Crippen molar-refractivity contribution in [2.24, 2.45) is 5.10 Å². The minimum atomic E-state index is -4.38. The third kappa shape index (κ3) is 6.70. The topological polar surface area (TPSA) is 80.0 Å². The third-order valence-corrected chi connectivity index (χ3v) is 5.13. The van der Waals surface area contributed by atoms with Gasteiger partial charge >= 0.3 is 6.18 Å². The molecule has 0 unspecified atom stereocenters. The molecule has 2 aromatic carbocycles. The highest BCUT2D eigenvalue weighted by molar-refractivity contribution is 7.80. The fourth-order valence-electron chi connectivity index (χ4n) is 3.10. The van der Waals surface area contributed by atoms with Crippen molar-refractivity contribution in [3.05, 3.63) is 96.1 Å². The summed E-state index contributed by atoms with van der Waals surface area (Å²) in [5.74, 6) is 0.449. The van der Waals surface area contributed by atoms with Crippen LogP contribution in [-0.4, -0.2) is 37.6 Å². The minimum Gasteiger partial charge on any atom is -0.361 e. The molecule has 0 saturated heterocycles. The lowest BCUT2D eigenvalue weighted by molar-refractivity contribution is -0.137. The number of aromatic nitrogens is 4. The summed E-state index contributed by atoms with van der Waals surface area (Å²) in [6.45, 7) is 0.638. The van der Waals surface area contributed by atoms with Crippen molar-refractivity contribution >= 4 is 23.5 Å². The molecular formula is C24H20F3N7S. The van der Waals surface area contributed by atoms with Gasteiger partial charge in [-0.05, 0) is 54.2 Å². The summed E-state index contributed by atoms with van der Waals surface area (Å²) in [5.41, 5.74) is 5.11. The predicted molar refractivity (Wildman–Crippen MR) is 131 cm³/mol. The molecule has 0 fully saturated rings. The van der Waals surface area contributed by atoms with Crippen LogP contribution >= 0.6 is 12.2 Å². The van der Waals surface area contributed by atoms with Crippen molar-refractivity contribution in [1.29, 1.82) is 0 Å². The number of hydrogen-bond donors (Lipinski definition) is 2. The standard InChI is InChI=1S/C24H20F3N7S/c25-24(26,27)19-8-10-21(11-9-19)34-16-30-22(33-34)18-6-4-17(5-7-18)15-31-32-23(35)29-14-12-20-3-1-2-13-28-20/h1-11,13,15-16H,12,14H2,(H2,29,32,35)/b31-15+. The molecular weight excluding hydrogens is 475 g/mol. The van der Waals surface area contributed by atoms with E-state index in [2.05, 4.69) is 30.9 Å². The van der Waals surface area contributed by atoms with Gasteiger partial charge in [-0.2, -0.15) is 18.3 Å². The number of hydrogen-bond acceptors (Lipinski definition) is 5. The predicted octanol–water partition coefficient (Wildman–Crippen LogP) is 4.39. The van der Waals surface area contributed by atoms with E-state index in [0.29, 0.717) is 23.2 Å². The fraction of sp³-hybridized carbons (Fsp3) is 0.125. The molecule has 2 N–H and O–H groups in total. The molecule has 0 saturated carbocycles. The summed E-state index contributed by atoms with van der Waals surface area (Å²) >= 11 is 5.21. The molecule has 0 aliphatic heterocycles. The minimum absolute atomic E-state index is 0.409. The van der Waals surface area contributed by atoms with Crippen LogP contribution in [0.5, 0.6) is 0 Å². The van der Waals surface area contributed by atoms with E-state index in [0.717, 1.165) is 35.4 Å². The van der Waals surface area contributed by atoms with Crippen LogP contribution in [0.15, 0.2) is 84.4 Å². The van der Waals surface area contributed by atoms with Crippen LogP contribution in [0.1, 0.15) is 16.8 Å². The molecule has 178 valence electrons. The summed E-state index contributed by atoms with van der Waals surface area (Å²) in [6.07, 6.45) is 1.21. The highest BCUT2D eigenvalue weighted by Crippen LogP contribution is 2.29. The van der Waals surface area contributed by atoms with E-state index in [1.54, 1.807) is 12.4 Å². The van der Waals surface area contributed by atoms with Gasteiger partial charge in [-0.15, -0.1) is 5.10 Å². The average molecular weight is 496 g/mol. The first-order valence-corrected chi connectivity index (χ1v) is 11.0. The zero-order valence-electron chi connectivity index (χ0n) is 18.3. The number of halogens is 3. The van der Waals surface area contributed by atoms with Crippen molar-refractivity contribution in [1.82, 2.24) is 30.5 Å². The summed E-state index contributed by atoms with van der Waals surface area (Å²) in [7, 11) is 0. The molecule has 0 bridgehead atoms. The summed E-state index contributed by atoms with van der Waals surface area (Å²) < 4.78 is 39.7. The molecule has 11 heteroatoms. The van der Waals surface area contributed by atoms with Gasteiger partial charge < -0.3 is 5.32 Å². The van der Waals surface area contributed by atoms with Crippen LogP contribution < -0.4 is 10.7 Å². The van der Waals surface area contributed by atoms with E-state index >= 15 is 0 Å². The van der Waals surface area contributed by atoms with E-state index in [4.69, 9.17) is 12.2 Å². The summed E-state index contributed by atoms with van der Waals surface area (Å²) in [5, 5.41) is 12.0. The second kappa shape index (κ2) is 10.9. The molecule has 0 radical (unpaired) electrons. The molecule has 0 spiro atoms. The first kappa shape index (κ1) is 24.0. The Kier molecular flexibility index (Phi) is 7.46. The molecule has 7 nitrogen and oxygen atoms in total. The van der Waals surface area contributed by atoms with Crippen LogP contribution in [0.4, 0.5) is 13.2 Å². The van der Waals surface area contributed by atoms with Gasteiger partial charge in [0.2, 0.25) is 0 Å². The van der Waals surface area contributed by atoms with Crippen molar-refractivity contribution < 1.29 is 13.2 Å². The van der Waals surface area contributed by atoms with Crippen molar-refractivity contribution in [3.8, 4) is 17.1 Å². The molecule has 2 aromatic heterocycles. The number of alkyl halides is 3. The van der Waals surface area contributed by atoms with Gasteiger partial charge in [0.15, 0.2) is 10.9 Å². The number of pyridine rings is 1. The fourth-order valence-corrected chi connectivity index (χ4v) is 3.25. The summed E-state index contributed by atoms with van der Waals surface area (Å²) in [4.78, 5) is 8.51. The Morgan fingerprint density at radius 3 is 2.46 bits per heavy atom. The number of rotatable bonds is 7. The lowest BCUT2D eigenvalue weighted by Crippen LogP contribution is -2.33. The van der Waals surface area contributed by atoms with Gasteiger partial charge in [-0.1, -0.05) is 30.3 Å². The number of nitrogens with zero attached hydrogens (tertiary/aromatic N) is 5. The van der Waals surface area contributed by atoms with Crippen molar-refractivity contribution in [2.45, 2.75) is 12.6 Å². The lowest BCUT2D eigenvalue weighted by atomic mass is 10.1. The Bertz CT molecular complexity index is 1290. The molecule has 0 atom stereocenters. The summed E-state index contributed by atoms with van der Waals surface area (Å²) in [6, 6.07) is 17.8. The van der Waals surface area contributed by atoms with Crippen LogP contribution in [0.3, 0.4) is 0 Å². The van der Waals surface area contributed by atoms with Crippen LogP contribution in [-0.2, 0) is 12.6 Å². The first-order chi connectivity index (χ1) is 16.9. The van der Waals surface area contributed by atoms with Crippen LogP contribution in [0.25, 0.3) is 17.1 Å². The zero-order chi connectivity index (χ0) is 24.7. The monoisotopic (exact) mass is 495 g/mol. The molecule has 0 amide bonds. The number of thiocarbonyl (C=S) groups is 1. The van der Waals surface area contributed by atoms with Gasteiger partial charge in [0.05, 0.1) is 17.5 Å². The molecule has 4 aromatic rings. The van der Waals surface area contributed by atoms with Gasteiger partial charge in [0.1, 0.15) is 6.33 Å². The van der Waals surface area contributed by atoms with Crippen LogP contribution in [0, 0.1) is 0 Å². The number of hydrazone groups is 1. The van der Waals surface area contributed by atoms with E-state index in [-0.39, 0.29) is 0 Å². The third-order valence-electron chi connectivity index (χ3n) is 4.89. The van der Waals surface area contributed by atoms with E-state index in [1.807, 2.05) is 42.5 Å².